The molecule has 2 fully saturated rings. The zero-order valence-electron chi connectivity index (χ0n) is 11.9. The first-order chi connectivity index (χ1) is 9.13. The molecule has 1 aromatic carbocycles. The minimum atomic E-state index is 0.280. The topological polar surface area (TPSA) is 20.3 Å². The van der Waals surface area contributed by atoms with Crippen LogP contribution in [-0.2, 0) is 0 Å². The normalized spacial score (nSPS) is 26.3. The number of Topliss-reactive ketones (excluding diaryl/α,β-unsaturated/α-hetero) is 1. The minimum absolute atomic E-state index is 0.280. The Hall–Kier alpha value is -1.15. The Kier molecular flexibility index (Phi) is 3.44. The van der Waals surface area contributed by atoms with Crippen molar-refractivity contribution in [2.24, 2.45) is 5.92 Å². The molecule has 2 unspecified atom stereocenters. The summed E-state index contributed by atoms with van der Waals surface area (Å²) in [5, 5.41) is 0. The van der Waals surface area contributed by atoms with Gasteiger partial charge in [0.15, 0.2) is 5.78 Å². The fraction of sp³-hybridized carbons (Fsp3) is 0.588. The van der Waals surface area contributed by atoms with Crippen molar-refractivity contribution in [1.82, 2.24) is 4.90 Å². The van der Waals surface area contributed by atoms with Gasteiger partial charge in [-0.25, -0.2) is 0 Å². The SMILES string of the molecule is CC(C)c1ccc(C(=O)CN2CC3CCC2C3)cc1. The summed E-state index contributed by atoms with van der Waals surface area (Å²) in [5.41, 5.74) is 2.17. The van der Waals surface area contributed by atoms with E-state index in [2.05, 4.69) is 30.9 Å². The van der Waals surface area contributed by atoms with Crippen molar-refractivity contribution < 1.29 is 4.79 Å². The number of rotatable bonds is 4. The largest absolute Gasteiger partial charge is 0.293 e. The molecular weight excluding hydrogens is 234 g/mol. The number of hydrogen-bond acceptors (Lipinski definition) is 2. The molecule has 0 aromatic heterocycles. The highest BCUT2D eigenvalue weighted by Crippen LogP contribution is 2.37. The number of benzene rings is 1. The van der Waals surface area contributed by atoms with Gasteiger partial charge in [-0.2, -0.15) is 0 Å². The minimum Gasteiger partial charge on any atom is -0.293 e. The average Bonchev–Trinajstić information content (AvgIpc) is 3.01. The zero-order chi connectivity index (χ0) is 13.4. The quantitative estimate of drug-likeness (QED) is 0.770. The molecule has 1 aromatic rings. The van der Waals surface area contributed by atoms with Crippen LogP contribution in [0.15, 0.2) is 24.3 Å². The molecule has 0 amide bonds. The number of carbonyl (C=O) groups is 1. The standard InChI is InChI=1S/C17H23NO/c1-12(2)14-4-6-15(7-5-14)17(19)11-18-10-13-3-8-16(18)9-13/h4-7,12-13,16H,3,8-11H2,1-2H3. The van der Waals surface area contributed by atoms with Crippen LogP contribution in [0.5, 0.6) is 0 Å². The second kappa shape index (κ2) is 5.09. The molecule has 19 heavy (non-hydrogen) atoms. The van der Waals surface area contributed by atoms with E-state index in [1.165, 1.54) is 24.8 Å². The lowest BCUT2D eigenvalue weighted by Gasteiger charge is -2.25. The third-order valence-electron chi connectivity index (χ3n) is 4.77. The molecule has 102 valence electrons. The monoisotopic (exact) mass is 257 g/mol. The van der Waals surface area contributed by atoms with Gasteiger partial charge in [-0.15, -0.1) is 0 Å². The Morgan fingerprint density at radius 2 is 2.00 bits per heavy atom. The van der Waals surface area contributed by atoms with Crippen LogP contribution in [0.2, 0.25) is 0 Å². The number of carbonyl (C=O) groups excluding carboxylic acids is 1. The van der Waals surface area contributed by atoms with Crippen molar-refractivity contribution in [2.75, 3.05) is 13.1 Å². The van der Waals surface area contributed by atoms with E-state index in [9.17, 15) is 4.79 Å². The molecule has 1 aliphatic heterocycles. The molecule has 1 saturated heterocycles. The van der Waals surface area contributed by atoms with Crippen LogP contribution in [0.1, 0.15) is 54.9 Å². The Morgan fingerprint density at radius 1 is 1.26 bits per heavy atom. The van der Waals surface area contributed by atoms with Crippen LogP contribution in [-0.4, -0.2) is 29.8 Å². The Balaban J connectivity index is 1.64. The molecule has 0 N–H and O–H groups in total. The highest BCUT2D eigenvalue weighted by atomic mass is 16.1. The number of nitrogens with zero attached hydrogens (tertiary/aromatic N) is 1. The van der Waals surface area contributed by atoms with E-state index in [0.717, 1.165) is 18.0 Å². The summed E-state index contributed by atoms with van der Waals surface area (Å²) in [5.74, 6) is 1.67. The second-order valence-electron chi connectivity index (χ2n) is 6.46. The Bertz CT molecular complexity index is 463. The van der Waals surface area contributed by atoms with Gasteiger partial charge in [-0.05, 0) is 36.7 Å². The Morgan fingerprint density at radius 3 is 2.53 bits per heavy atom. The van der Waals surface area contributed by atoms with Crippen LogP contribution < -0.4 is 0 Å². The summed E-state index contributed by atoms with van der Waals surface area (Å²) in [4.78, 5) is 14.7. The average molecular weight is 257 g/mol. The van der Waals surface area contributed by atoms with Crippen molar-refractivity contribution in [3.05, 3.63) is 35.4 Å². The molecule has 3 rings (SSSR count). The summed E-state index contributed by atoms with van der Waals surface area (Å²) in [6, 6.07) is 8.85. The predicted octanol–water partition coefficient (Wildman–Crippen LogP) is 3.48. The molecule has 0 spiro atoms. The molecule has 1 heterocycles. The fourth-order valence-corrected chi connectivity index (χ4v) is 3.55. The van der Waals surface area contributed by atoms with Crippen LogP contribution >= 0.6 is 0 Å². The maximum absolute atomic E-state index is 12.3. The van der Waals surface area contributed by atoms with E-state index in [1.807, 2.05) is 12.1 Å². The van der Waals surface area contributed by atoms with Crippen LogP contribution in [0.25, 0.3) is 0 Å². The lowest BCUT2D eigenvalue weighted by molar-refractivity contribution is 0.0905. The smallest absolute Gasteiger partial charge is 0.176 e. The van der Waals surface area contributed by atoms with Gasteiger partial charge in [-0.3, -0.25) is 9.69 Å². The van der Waals surface area contributed by atoms with Crippen LogP contribution in [0.4, 0.5) is 0 Å². The van der Waals surface area contributed by atoms with E-state index >= 15 is 0 Å². The first-order valence-corrected chi connectivity index (χ1v) is 7.50. The number of hydrogen-bond donors (Lipinski definition) is 0. The first kappa shape index (κ1) is 12.9. The summed E-state index contributed by atoms with van der Waals surface area (Å²) in [7, 11) is 0. The summed E-state index contributed by atoms with van der Waals surface area (Å²) >= 11 is 0. The molecule has 1 saturated carbocycles. The van der Waals surface area contributed by atoms with Crippen LogP contribution in [0.3, 0.4) is 0 Å². The molecule has 2 aliphatic rings. The number of ketones is 1. The molecule has 2 atom stereocenters. The summed E-state index contributed by atoms with van der Waals surface area (Å²) in [6.45, 7) is 6.11. The van der Waals surface area contributed by atoms with Crippen molar-refractivity contribution in [2.45, 2.75) is 45.1 Å². The van der Waals surface area contributed by atoms with Gasteiger partial charge in [-0.1, -0.05) is 38.1 Å². The highest BCUT2D eigenvalue weighted by molar-refractivity contribution is 5.97. The summed E-state index contributed by atoms with van der Waals surface area (Å²) in [6.07, 6.45) is 3.99. The predicted molar refractivity (Wildman–Crippen MR) is 77.6 cm³/mol. The van der Waals surface area contributed by atoms with Crippen molar-refractivity contribution in [3.8, 4) is 0 Å². The number of likely N-dealkylation sites (tertiary alicyclic amines) is 1. The van der Waals surface area contributed by atoms with Gasteiger partial charge in [0.25, 0.3) is 0 Å². The lowest BCUT2D eigenvalue weighted by atomic mass is 10.00. The van der Waals surface area contributed by atoms with Gasteiger partial charge >= 0.3 is 0 Å². The summed E-state index contributed by atoms with van der Waals surface area (Å²) < 4.78 is 0. The van der Waals surface area contributed by atoms with E-state index < -0.39 is 0 Å². The van der Waals surface area contributed by atoms with E-state index in [0.29, 0.717) is 18.5 Å². The third kappa shape index (κ3) is 2.59. The lowest BCUT2D eigenvalue weighted by Crippen LogP contribution is -2.36. The molecule has 2 bridgehead atoms. The van der Waals surface area contributed by atoms with E-state index in [-0.39, 0.29) is 5.78 Å². The molecular formula is C17H23NO. The maximum Gasteiger partial charge on any atom is 0.176 e. The van der Waals surface area contributed by atoms with Gasteiger partial charge in [0, 0.05) is 18.2 Å². The molecule has 0 radical (unpaired) electrons. The van der Waals surface area contributed by atoms with E-state index in [1.54, 1.807) is 0 Å². The second-order valence-corrected chi connectivity index (χ2v) is 6.46. The van der Waals surface area contributed by atoms with Gasteiger partial charge in [0.2, 0.25) is 0 Å². The fourth-order valence-electron chi connectivity index (χ4n) is 3.55. The van der Waals surface area contributed by atoms with Crippen molar-refractivity contribution >= 4 is 5.78 Å². The Labute approximate surface area is 115 Å². The van der Waals surface area contributed by atoms with E-state index in [4.69, 9.17) is 0 Å². The number of piperidine rings is 1. The molecule has 2 heteroatoms. The maximum atomic E-state index is 12.3. The first-order valence-electron chi connectivity index (χ1n) is 7.50. The highest BCUT2D eigenvalue weighted by Gasteiger charge is 2.38. The van der Waals surface area contributed by atoms with Crippen molar-refractivity contribution in [1.29, 1.82) is 0 Å². The third-order valence-corrected chi connectivity index (χ3v) is 4.77. The van der Waals surface area contributed by atoms with Gasteiger partial charge < -0.3 is 0 Å². The van der Waals surface area contributed by atoms with Crippen LogP contribution in [0, 0.1) is 5.92 Å². The van der Waals surface area contributed by atoms with Gasteiger partial charge in [0.1, 0.15) is 0 Å². The number of fused-ring (bicyclic) bond motifs is 2. The van der Waals surface area contributed by atoms with Gasteiger partial charge in [0.05, 0.1) is 6.54 Å². The molecule has 2 nitrogen and oxygen atoms in total. The molecule has 1 aliphatic carbocycles. The van der Waals surface area contributed by atoms with Crippen molar-refractivity contribution in [3.63, 3.8) is 0 Å². The zero-order valence-corrected chi connectivity index (χ0v) is 11.9.